The summed E-state index contributed by atoms with van der Waals surface area (Å²) in [6, 6.07) is 3.18. The molecule has 0 spiro atoms. The molecule has 1 N–H and O–H groups in total. The van der Waals surface area contributed by atoms with Crippen LogP contribution in [0.3, 0.4) is 0 Å². The smallest absolute Gasteiger partial charge is 0.336 e. The number of carbonyl (C=O) groups is 1. The second-order valence-corrected chi connectivity index (χ2v) is 7.46. The molecular formula is C23H33NO8. The molecule has 2 aromatic rings. The van der Waals surface area contributed by atoms with Gasteiger partial charge in [0.2, 0.25) is 0 Å². The van der Waals surface area contributed by atoms with Gasteiger partial charge < -0.3 is 28.5 Å². The summed E-state index contributed by atoms with van der Waals surface area (Å²) in [4.78, 5) is 26.1. The molecule has 0 fully saturated rings. The average Bonchev–Trinajstić information content (AvgIpc) is 2.76. The molecule has 9 heteroatoms. The van der Waals surface area contributed by atoms with Crippen LogP contribution in [-0.4, -0.2) is 76.8 Å². The number of phenols is 1. The lowest BCUT2D eigenvalue weighted by Crippen LogP contribution is -2.30. The molecular weight excluding hydrogens is 418 g/mol. The zero-order valence-corrected chi connectivity index (χ0v) is 19.3. The van der Waals surface area contributed by atoms with Gasteiger partial charge in [-0.3, -0.25) is 9.69 Å². The Hall–Kier alpha value is -2.46. The largest absolute Gasteiger partial charge is 0.507 e. The maximum absolute atomic E-state index is 12.0. The molecule has 0 radical (unpaired) electrons. The fourth-order valence-corrected chi connectivity index (χ4v) is 3.39. The van der Waals surface area contributed by atoms with Gasteiger partial charge in [-0.05, 0) is 30.5 Å². The highest BCUT2D eigenvalue weighted by Crippen LogP contribution is 2.34. The van der Waals surface area contributed by atoms with Gasteiger partial charge in [-0.1, -0.05) is 0 Å². The summed E-state index contributed by atoms with van der Waals surface area (Å²) in [6.07, 6.45) is 0.393. The highest BCUT2D eigenvalue weighted by Gasteiger charge is 2.20. The number of hydrogen-bond donors (Lipinski definition) is 1. The number of aryl methyl sites for hydroxylation is 2. The third-order valence-electron chi connectivity index (χ3n) is 5.14. The van der Waals surface area contributed by atoms with Crippen molar-refractivity contribution >= 4 is 16.9 Å². The molecule has 0 aliphatic carbocycles. The van der Waals surface area contributed by atoms with Gasteiger partial charge in [-0.15, -0.1) is 0 Å². The predicted octanol–water partition coefficient (Wildman–Crippen LogP) is 2.02. The topological polar surface area (TPSA) is 108 Å². The Kier molecular flexibility index (Phi) is 10.6. The monoisotopic (exact) mass is 451 g/mol. The van der Waals surface area contributed by atoms with E-state index in [1.807, 2.05) is 11.8 Å². The second-order valence-electron chi connectivity index (χ2n) is 7.46. The minimum Gasteiger partial charge on any atom is -0.507 e. The molecule has 0 aliphatic rings. The highest BCUT2D eigenvalue weighted by atomic mass is 16.6. The summed E-state index contributed by atoms with van der Waals surface area (Å²) in [5, 5.41) is 11.8. The first kappa shape index (κ1) is 25.8. The number of benzene rings is 1. The summed E-state index contributed by atoms with van der Waals surface area (Å²) in [7, 11) is 4.78. The lowest BCUT2D eigenvalue weighted by Gasteiger charge is -2.23. The van der Waals surface area contributed by atoms with Gasteiger partial charge in [0.1, 0.15) is 17.9 Å². The van der Waals surface area contributed by atoms with E-state index in [-0.39, 0.29) is 31.2 Å². The summed E-state index contributed by atoms with van der Waals surface area (Å²) in [5.41, 5.74) is 1.69. The Morgan fingerprint density at radius 2 is 1.69 bits per heavy atom. The van der Waals surface area contributed by atoms with E-state index in [4.69, 9.17) is 23.4 Å². The van der Waals surface area contributed by atoms with E-state index >= 15 is 0 Å². The second kappa shape index (κ2) is 13.2. The van der Waals surface area contributed by atoms with Crippen molar-refractivity contribution in [3.05, 3.63) is 39.2 Å². The van der Waals surface area contributed by atoms with Gasteiger partial charge in [-0.2, -0.15) is 0 Å². The van der Waals surface area contributed by atoms with Crippen LogP contribution < -0.4 is 5.63 Å². The Morgan fingerprint density at radius 1 is 1.03 bits per heavy atom. The van der Waals surface area contributed by atoms with Crippen LogP contribution in [0.5, 0.6) is 5.75 Å². The number of rotatable bonds is 14. The average molecular weight is 452 g/mol. The molecule has 0 saturated carbocycles. The van der Waals surface area contributed by atoms with E-state index in [1.54, 1.807) is 20.3 Å². The number of phenolic OH excluding ortho intramolecular Hbond substituents is 1. The van der Waals surface area contributed by atoms with Crippen molar-refractivity contribution in [1.82, 2.24) is 4.90 Å². The highest BCUT2D eigenvalue weighted by molar-refractivity contribution is 5.86. The van der Waals surface area contributed by atoms with Gasteiger partial charge in [0, 0.05) is 58.8 Å². The standard InChI is InChI=1S/C23H33NO8/c1-16-13-21(26)32-23-18(16)14-17(5-6-20(25)31-12-11-30-4)22(27)19(23)15-24(7-9-28-2)8-10-29-3/h13-14,27H,5-12,15H2,1-4H3. The summed E-state index contributed by atoms with van der Waals surface area (Å²) in [6.45, 7) is 4.86. The van der Waals surface area contributed by atoms with E-state index in [1.165, 1.54) is 13.2 Å². The Morgan fingerprint density at radius 3 is 2.31 bits per heavy atom. The zero-order chi connectivity index (χ0) is 23.5. The first-order valence-electron chi connectivity index (χ1n) is 10.5. The molecule has 1 heterocycles. The molecule has 0 atom stereocenters. The number of nitrogens with zero attached hydrogens (tertiary/aromatic N) is 1. The molecule has 2 rings (SSSR count). The van der Waals surface area contributed by atoms with Crippen LogP contribution in [0.15, 0.2) is 21.3 Å². The maximum Gasteiger partial charge on any atom is 0.336 e. The van der Waals surface area contributed by atoms with Crippen molar-refractivity contribution in [3.8, 4) is 5.75 Å². The van der Waals surface area contributed by atoms with Crippen LogP contribution in [0.4, 0.5) is 0 Å². The minimum absolute atomic E-state index is 0.00998. The fraction of sp³-hybridized carbons (Fsp3) is 0.565. The van der Waals surface area contributed by atoms with Crippen LogP contribution in [-0.2, 0) is 36.7 Å². The van der Waals surface area contributed by atoms with Gasteiger partial charge in [0.15, 0.2) is 0 Å². The van der Waals surface area contributed by atoms with Crippen molar-refractivity contribution in [2.24, 2.45) is 0 Å². The molecule has 178 valence electrons. The van der Waals surface area contributed by atoms with Crippen LogP contribution in [0.25, 0.3) is 11.0 Å². The number of ether oxygens (including phenoxy) is 4. The fourth-order valence-electron chi connectivity index (χ4n) is 3.39. The number of carbonyl (C=O) groups excluding carboxylic acids is 1. The van der Waals surface area contributed by atoms with E-state index in [2.05, 4.69) is 0 Å². The van der Waals surface area contributed by atoms with Crippen LogP contribution in [0.2, 0.25) is 0 Å². The van der Waals surface area contributed by atoms with Crippen LogP contribution >= 0.6 is 0 Å². The summed E-state index contributed by atoms with van der Waals surface area (Å²) < 4.78 is 25.9. The Balaban J connectivity index is 2.39. The van der Waals surface area contributed by atoms with E-state index < -0.39 is 5.63 Å². The maximum atomic E-state index is 12.0. The molecule has 0 amide bonds. The van der Waals surface area contributed by atoms with Gasteiger partial charge in [-0.25, -0.2) is 4.79 Å². The molecule has 0 aliphatic heterocycles. The van der Waals surface area contributed by atoms with Gasteiger partial charge >= 0.3 is 11.6 Å². The molecule has 0 unspecified atom stereocenters. The first-order valence-corrected chi connectivity index (χ1v) is 10.5. The Bertz CT molecular complexity index is 932. The zero-order valence-electron chi connectivity index (χ0n) is 19.3. The molecule has 1 aromatic heterocycles. The van der Waals surface area contributed by atoms with Crippen molar-refractivity contribution in [2.75, 3.05) is 60.8 Å². The lowest BCUT2D eigenvalue weighted by atomic mass is 9.98. The number of methoxy groups -OCH3 is 3. The molecule has 1 aromatic carbocycles. The summed E-state index contributed by atoms with van der Waals surface area (Å²) in [5.74, 6) is -0.364. The quantitative estimate of drug-likeness (QED) is 0.262. The van der Waals surface area contributed by atoms with Crippen molar-refractivity contribution in [2.45, 2.75) is 26.3 Å². The lowest BCUT2D eigenvalue weighted by molar-refractivity contribution is -0.144. The predicted molar refractivity (Wildman–Crippen MR) is 119 cm³/mol. The third kappa shape index (κ3) is 7.30. The molecule has 0 bridgehead atoms. The van der Waals surface area contributed by atoms with Gasteiger partial charge in [0.05, 0.1) is 25.4 Å². The van der Waals surface area contributed by atoms with Crippen LogP contribution in [0, 0.1) is 6.92 Å². The third-order valence-corrected chi connectivity index (χ3v) is 5.14. The van der Waals surface area contributed by atoms with E-state index in [0.29, 0.717) is 56.2 Å². The normalized spacial score (nSPS) is 11.4. The van der Waals surface area contributed by atoms with E-state index in [0.717, 1.165) is 10.9 Å². The SMILES string of the molecule is COCCOC(=O)CCc1cc2c(C)cc(=O)oc2c(CN(CCOC)CCOC)c1O. The van der Waals surface area contributed by atoms with Crippen molar-refractivity contribution in [1.29, 1.82) is 0 Å². The number of fused-ring (bicyclic) bond motifs is 1. The van der Waals surface area contributed by atoms with E-state index in [9.17, 15) is 14.7 Å². The number of aromatic hydroxyl groups is 1. The molecule has 0 saturated heterocycles. The van der Waals surface area contributed by atoms with Crippen molar-refractivity contribution in [3.63, 3.8) is 0 Å². The first-order chi connectivity index (χ1) is 15.4. The number of esters is 1. The number of hydrogen-bond acceptors (Lipinski definition) is 9. The van der Waals surface area contributed by atoms with Crippen LogP contribution in [0.1, 0.15) is 23.1 Å². The summed E-state index contributed by atoms with van der Waals surface area (Å²) >= 11 is 0. The van der Waals surface area contributed by atoms with Gasteiger partial charge in [0.25, 0.3) is 0 Å². The minimum atomic E-state index is -0.481. The van der Waals surface area contributed by atoms with Crippen molar-refractivity contribution < 1.29 is 33.3 Å². The molecule has 9 nitrogen and oxygen atoms in total. The molecule has 32 heavy (non-hydrogen) atoms. The Labute approximate surface area is 187 Å².